The van der Waals surface area contributed by atoms with Crippen LogP contribution in [0.5, 0.6) is 0 Å². The number of hydrogen-bond acceptors (Lipinski definition) is 5. The molecule has 0 saturated heterocycles. The zero-order valence-corrected chi connectivity index (χ0v) is 11.4. The molecule has 1 amide bonds. The Morgan fingerprint density at radius 1 is 1.53 bits per heavy atom. The summed E-state index contributed by atoms with van der Waals surface area (Å²) < 4.78 is 1.72. The number of aromatic nitrogens is 3. The number of nitrogens with zero attached hydrogens (tertiary/aromatic N) is 3. The number of carbonyl (C=O) groups excluding carboxylic acids is 1. The minimum atomic E-state index is -0.545. The van der Waals surface area contributed by atoms with E-state index in [1.165, 1.54) is 0 Å². The third-order valence-corrected chi connectivity index (χ3v) is 3.28. The Balaban J connectivity index is 0.00000180. The summed E-state index contributed by atoms with van der Waals surface area (Å²) in [6.45, 7) is 1.33. The molecule has 0 unspecified atom stereocenters. The molecule has 19 heavy (non-hydrogen) atoms. The number of rotatable bonds is 5. The highest BCUT2D eigenvalue weighted by Crippen LogP contribution is 2.24. The van der Waals surface area contributed by atoms with Crippen molar-refractivity contribution in [1.29, 1.82) is 0 Å². The van der Waals surface area contributed by atoms with Crippen molar-refractivity contribution in [2.75, 3.05) is 6.54 Å². The van der Waals surface area contributed by atoms with Gasteiger partial charge in [-0.2, -0.15) is 0 Å². The number of aliphatic hydroxyl groups is 1. The first-order valence-electron chi connectivity index (χ1n) is 6.22. The number of hydrogen-bond donors (Lipinski definition) is 3. The van der Waals surface area contributed by atoms with Gasteiger partial charge in [-0.25, -0.2) is 0 Å². The molecule has 3 atom stereocenters. The molecule has 0 bridgehead atoms. The molecule has 0 radical (unpaired) electrons. The molecule has 108 valence electrons. The Morgan fingerprint density at radius 3 is 2.89 bits per heavy atom. The molecule has 1 aliphatic rings. The van der Waals surface area contributed by atoms with Crippen LogP contribution in [0.4, 0.5) is 0 Å². The predicted octanol–water partition coefficient (Wildman–Crippen LogP) is -0.696. The van der Waals surface area contributed by atoms with Crippen molar-refractivity contribution in [1.82, 2.24) is 20.3 Å². The fourth-order valence-corrected chi connectivity index (χ4v) is 2.21. The lowest BCUT2D eigenvalue weighted by Gasteiger charge is -2.10. The topological polar surface area (TPSA) is 106 Å². The summed E-state index contributed by atoms with van der Waals surface area (Å²) in [6, 6.07) is -0.268. The SMILES string of the molecule is Cl.N[C@@H]1C[C@H](C(=O)NCCCn2ccnn2)C[C@H]1O. The highest BCUT2D eigenvalue weighted by Gasteiger charge is 2.34. The first-order valence-corrected chi connectivity index (χ1v) is 6.22. The summed E-state index contributed by atoms with van der Waals surface area (Å²) in [5.74, 6) is -0.165. The Hall–Kier alpha value is -1.18. The van der Waals surface area contributed by atoms with Crippen LogP contribution in [0.1, 0.15) is 19.3 Å². The van der Waals surface area contributed by atoms with Gasteiger partial charge in [-0.15, -0.1) is 17.5 Å². The number of carbonyl (C=O) groups is 1. The summed E-state index contributed by atoms with van der Waals surface area (Å²) in [6.07, 6.45) is 4.70. The van der Waals surface area contributed by atoms with Crippen molar-refractivity contribution < 1.29 is 9.90 Å². The zero-order valence-electron chi connectivity index (χ0n) is 10.6. The molecule has 0 aliphatic heterocycles. The molecule has 2 rings (SSSR count). The second-order valence-corrected chi connectivity index (χ2v) is 4.71. The van der Waals surface area contributed by atoms with Gasteiger partial charge >= 0.3 is 0 Å². The highest BCUT2D eigenvalue weighted by atomic mass is 35.5. The van der Waals surface area contributed by atoms with Crippen molar-refractivity contribution >= 4 is 18.3 Å². The van der Waals surface area contributed by atoms with Gasteiger partial charge in [0.25, 0.3) is 0 Å². The molecule has 1 aromatic rings. The molecule has 8 heteroatoms. The van der Waals surface area contributed by atoms with Crippen molar-refractivity contribution in [2.24, 2.45) is 11.7 Å². The average molecular weight is 290 g/mol. The highest BCUT2D eigenvalue weighted by molar-refractivity contribution is 5.85. The lowest BCUT2D eigenvalue weighted by molar-refractivity contribution is -0.125. The second-order valence-electron chi connectivity index (χ2n) is 4.71. The van der Waals surface area contributed by atoms with E-state index in [-0.39, 0.29) is 30.3 Å². The van der Waals surface area contributed by atoms with E-state index in [4.69, 9.17) is 5.73 Å². The summed E-state index contributed by atoms with van der Waals surface area (Å²) in [4.78, 5) is 11.8. The van der Waals surface area contributed by atoms with E-state index in [1.54, 1.807) is 17.1 Å². The van der Waals surface area contributed by atoms with E-state index < -0.39 is 6.10 Å². The molecule has 4 N–H and O–H groups in total. The van der Waals surface area contributed by atoms with Gasteiger partial charge in [0.15, 0.2) is 0 Å². The standard InChI is InChI=1S/C11H19N5O2.ClH/c12-9-6-8(7-10(9)17)11(18)13-2-1-4-16-5-3-14-15-16;/h3,5,8-10,17H,1-2,4,6-7,12H2,(H,13,18);1H/t8-,9+,10+;/m0./s1. The molecule has 1 fully saturated rings. The van der Waals surface area contributed by atoms with Gasteiger partial charge in [0.05, 0.1) is 12.3 Å². The Labute approximate surface area is 118 Å². The number of nitrogens with two attached hydrogens (primary N) is 1. The first kappa shape index (κ1) is 15.9. The molecule has 1 aromatic heterocycles. The smallest absolute Gasteiger partial charge is 0.223 e. The molecule has 0 spiro atoms. The van der Waals surface area contributed by atoms with E-state index in [2.05, 4.69) is 15.6 Å². The molecular formula is C11H20ClN5O2. The van der Waals surface area contributed by atoms with Crippen LogP contribution in [0.15, 0.2) is 12.4 Å². The summed E-state index contributed by atoms with van der Waals surface area (Å²) in [7, 11) is 0. The van der Waals surface area contributed by atoms with Crippen LogP contribution in [-0.4, -0.2) is 44.7 Å². The molecule has 0 aromatic carbocycles. The molecule has 1 aliphatic carbocycles. The molecule has 1 heterocycles. The maximum Gasteiger partial charge on any atom is 0.223 e. The van der Waals surface area contributed by atoms with Crippen molar-refractivity contribution in [3.05, 3.63) is 12.4 Å². The van der Waals surface area contributed by atoms with Gasteiger partial charge in [0.1, 0.15) is 0 Å². The van der Waals surface area contributed by atoms with Gasteiger partial charge in [-0.05, 0) is 19.3 Å². The van der Waals surface area contributed by atoms with E-state index in [9.17, 15) is 9.90 Å². The normalized spacial score (nSPS) is 25.9. The van der Waals surface area contributed by atoms with Crippen LogP contribution in [-0.2, 0) is 11.3 Å². The quantitative estimate of drug-likeness (QED) is 0.622. The lowest BCUT2D eigenvalue weighted by atomic mass is 10.1. The van der Waals surface area contributed by atoms with E-state index in [1.807, 2.05) is 0 Å². The maximum absolute atomic E-state index is 11.8. The van der Waals surface area contributed by atoms with Gasteiger partial charge in [-0.3, -0.25) is 9.48 Å². The number of halogens is 1. The lowest BCUT2D eigenvalue weighted by Crippen LogP contribution is -2.31. The monoisotopic (exact) mass is 289 g/mol. The van der Waals surface area contributed by atoms with Crippen molar-refractivity contribution in [3.63, 3.8) is 0 Å². The van der Waals surface area contributed by atoms with Crippen LogP contribution in [0.25, 0.3) is 0 Å². The van der Waals surface area contributed by atoms with Gasteiger partial charge in [0.2, 0.25) is 5.91 Å². The van der Waals surface area contributed by atoms with Gasteiger partial charge < -0.3 is 16.2 Å². The summed E-state index contributed by atoms with van der Waals surface area (Å²) in [5, 5.41) is 19.9. The molecular weight excluding hydrogens is 270 g/mol. The average Bonchev–Trinajstić information content (AvgIpc) is 2.96. The summed E-state index contributed by atoms with van der Waals surface area (Å²) in [5.41, 5.74) is 5.68. The van der Waals surface area contributed by atoms with E-state index in [0.717, 1.165) is 13.0 Å². The molecule has 1 saturated carbocycles. The van der Waals surface area contributed by atoms with Gasteiger partial charge in [-0.1, -0.05) is 5.21 Å². The van der Waals surface area contributed by atoms with Crippen LogP contribution >= 0.6 is 12.4 Å². The van der Waals surface area contributed by atoms with E-state index >= 15 is 0 Å². The number of aliphatic hydroxyl groups excluding tert-OH is 1. The van der Waals surface area contributed by atoms with Crippen LogP contribution in [0.2, 0.25) is 0 Å². The third kappa shape index (κ3) is 4.45. The summed E-state index contributed by atoms with van der Waals surface area (Å²) >= 11 is 0. The number of nitrogens with one attached hydrogen (secondary N) is 1. The number of amides is 1. The van der Waals surface area contributed by atoms with Crippen LogP contribution < -0.4 is 11.1 Å². The Bertz CT molecular complexity index is 376. The number of aryl methyl sites for hydroxylation is 1. The largest absolute Gasteiger partial charge is 0.391 e. The Morgan fingerprint density at radius 2 is 2.32 bits per heavy atom. The van der Waals surface area contributed by atoms with Crippen LogP contribution in [0, 0.1) is 5.92 Å². The maximum atomic E-state index is 11.8. The van der Waals surface area contributed by atoms with Crippen molar-refractivity contribution in [3.8, 4) is 0 Å². The minimum absolute atomic E-state index is 0. The predicted molar refractivity (Wildman–Crippen MR) is 71.6 cm³/mol. The molecule has 7 nitrogen and oxygen atoms in total. The fourth-order valence-electron chi connectivity index (χ4n) is 2.21. The Kier molecular flexibility index (Phi) is 6.20. The van der Waals surface area contributed by atoms with Gasteiger partial charge in [0, 0.05) is 31.2 Å². The zero-order chi connectivity index (χ0) is 13.0. The fraction of sp³-hybridized carbons (Fsp3) is 0.727. The van der Waals surface area contributed by atoms with E-state index in [0.29, 0.717) is 19.4 Å². The van der Waals surface area contributed by atoms with Crippen molar-refractivity contribution in [2.45, 2.75) is 38.0 Å². The van der Waals surface area contributed by atoms with Crippen LogP contribution in [0.3, 0.4) is 0 Å². The second kappa shape index (κ2) is 7.42. The third-order valence-electron chi connectivity index (χ3n) is 3.28. The minimum Gasteiger partial charge on any atom is -0.391 e. The first-order chi connectivity index (χ1) is 8.66.